The Hall–Kier alpha value is -2.67. The molecule has 0 bridgehead atoms. The minimum Gasteiger partial charge on any atom is -0.341 e. The number of halogens is 1. The first-order valence-corrected chi connectivity index (χ1v) is 7.39. The number of hydrogen-bond donors (Lipinski definition) is 1. The van der Waals surface area contributed by atoms with Crippen LogP contribution >= 0.6 is 11.6 Å². The third kappa shape index (κ3) is 3.09. The van der Waals surface area contributed by atoms with Crippen LogP contribution in [0, 0.1) is 0 Å². The zero-order valence-corrected chi connectivity index (χ0v) is 13.4. The molecular weight excluding hydrogens is 316 g/mol. The summed E-state index contributed by atoms with van der Waals surface area (Å²) in [5.74, 6) is 0.384. The van der Waals surface area contributed by atoms with Crippen molar-refractivity contribution in [2.45, 2.75) is 13.0 Å². The molecule has 1 amide bonds. The number of amides is 1. The molecule has 3 rings (SSSR count). The summed E-state index contributed by atoms with van der Waals surface area (Å²) < 4.78 is 3.33. The van der Waals surface area contributed by atoms with Crippen molar-refractivity contribution in [2.75, 3.05) is 0 Å². The van der Waals surface area contributed by atoms with Gasteiger partial charge in [0.25, 0.3) is 5.91 Å². The second-order valence-corrected chi connectivity index (χ2v) is 5.50. The lowest BCUT2D eigenvalue weighted by Gasteiger charge is -2.11. The van der Waals surface area contributed by atoms with E-state index < -0.39 is 0 Å². The molecule has 1 N–H and O–H groups in total. The predicted octanol–water partition coefficient (Wildman–Crippen LogP) is 2.15. The third-order valence-electron chi connectivity index (χ3n) is 3.40. The van der Waals surface area contributed by atoms with Crippen molar-refractivity contribution in [3.8, 4) is 5.69 Å². The Morgan fingerprint density at radius 2 is 2.09 bits per heavy atom. The van der Waals surface area contributed by atoms with Crippen LogP contribution in [0.25, 0.3) is 5.69 Å². The Balaban J connectivity index is 1.77. The number of aromatic nitrogens is 5. The molecule has 0 aliphatic rings. The standard InChI is InChI=1S/C15H15ClN6O/c1-10(14-19-17-9-21(14)2)18-15(23)12-7-8-22(20-12)13-6-4-3-5-11(13)16/h3-10H,1-2H3,(H,18,23)/t10-/m1/s1. The zero-order valence-electron chi connectivity index (χ0n) is 12.6. The average molecular weight is 331 g/mol. The summed E-state index contributed by atoms with van der Waals surface area (Å²) in [6, 6.07) is 8.67. The third-order valence-corrected chi connectivity index (χ3v) is 3.72. The lowest BCUT2D eigenvalue weighted by Crippen LogP contribution is -2.28. The van der Waals surface area contributed by atoms with Crippen molar-refractivity contribution in [1.82, 2.24) is 29.9 Å². The summed E-state index contributed by atoms with van der Waals surface area (Å²) in [5, 5.41) is 15.5. The van der Waals surface area contributed by atoms with Crippen molar-refractivity contribution in [2.24, 2.45) is 7.05 Å². The number of rotatable bonds is 4. The highest BCUT2D eigenvalue weighted by Crippen LogP contribution is 2.19. The highest BCUT2D eigenvalue weighted by atomic mass is 35.5. The lowest BCUT2D eigenvalue weighted by molar-refractivity contribution is 0.0932. The second-order valence-electron chi connectivity index (χ2n) is 5.09. The molecule has 0 radical (unpaired) electrons. The van der Waals surface area contributed by atoms with Crippen molar-refractivity contribution in [3.63, 3.8) is 0 Å². The quantitative estimate of drug-likeness (QED) is 0.795. The van der Waals surface area contributed by atoms with E-state index in [0.717, 1.165) is 5.69 Å². The largest absolute Gasteiger partial charge is 0.341 e. The van der Waals surface area contributed by atoms with E-state index in [2.05, 4.69) is 20.6 Å². The summed E-state index contributed by atoms with van der Waals surface area (Å²) >= 11 is 6.14. The molecule has 0 spiro atoms. The number of nitrogens with zero attached hydrogens (tertiary/aromatic N) is 5. The van der Waals surface area contributed by atoms with E-state index in [0.29, 0.717) is 16.5 Å². The van der Waals surface area contributed by atoms with Gasteiger partial charge in [0.15, 0.2) is 11.5 Å². The van der Waals surface area contributed by atoms with Gasteiger partial charge < -0.3 is 9.88 Å². The fourth-order valence-electron chi connectivity index (χ4n) is 2.24. The van der Waals surface area contributed by atoms with Gasteiger partial charge in [-0.3, -0.25) is 4.79 Å². The Bertz CT molecular complexity index is 840. The molecular formula is C15H15ClN6O. The Morgan fingerprint density at radius 1 is 1.30 bits per heavy atom. The van der Waals surface area contributed by atoms with Crippen LogP contribution in [0.1, 0.15) is 29.3 Å². The second kappa shape index (κ2) is 6.21. The van der Waals surface area contributed by atoms with Crippen LogP contribution in [0.3, 0.4) is 0 Å². The summed E-state index contributed by atoms with van der Waals surface area (Å²) in [6.07, 6.45) is 3.28. The molecule has 0 unspecified atom stereocenters. The van der Waals surface area contributed by atoms with E-state index >= 15 is 0 Å². The van der Waals surface area contributed by atoms with Gasteiger partial charge in [0.2, 0.25) is 0 Å². The predicted molar refractivity (Wildman–Crippen MR) is 85.5 cm³/mol. The first-order chi connectivity index (χ1) is 11.1. The fraction of sp³-hybridized carbons (Fsp3) is 0.200. The minimum absolute atomic E-state index is 0.277. The van der Waals surface area contributed by atoms with E-state index in [1.807, 2.05) is 32.2 Å². The van der Waals surface area contributed by atoms with Crippen molar-refractivity contribution in [1.29, 1.82) is 0 Å². The van der Waals surface area contributed by atoms with E-state index in [-0.39, 0.29) is 11.9 Å². The number of aryl methyl sites for hydroxylation is 1. The molecule has 0 saturated carbocycles. The summed E-state index contributed by atoms with van der Waals surface area (Å²) in [6.45, 7) is 1.84. The molecule has 0 saturated heterocycles. The number of benzene rings is 1. The molecule has 23 heavy (non-hydrogen) atoms. The monoisotopic (exact) mass is 330 g/mol. The van der Waals surface area contributed by atoms with E-state index in [1.54, 1.807) is 33.9 Å². The van der Waals surface area contributed by atoms with Gasteiger partial charge in [-0.25, -0.2) is 4.68 Å². The number of carbonyl (C=O) groups is 1. The smallest absolute Gasteiger partial charge is 0.272 e. The van der Waals surface area contributed by atoms with Crippen molar-refractivity contribution < 1.29 is 4.79 Å². The molecule has 0 fully saturated rings. The number of para-hydroxylation sites is 1. The van der Waals surface area contributed by atoms with E-state index in [9.17, 15) is 4.79 Å². The SMILES string of the molecule is C[C@@H](NC(=O)c1ccn(-c2ccccc2Cl)n1)c1nncn1C. The molecule has 8 heteroatoms. The topological polar surface area (TPSA) is 77.6 Å². The lowest BCUT2D eigenvalue weighted by atomic mass is 10.3. The van der Waals surface area contributed by atoms with Gasteiger partial charge in [-0.05, 0) is 25.1 Å². The van der Waals surface area contributed by atoms with Gasteiger partial charge in [0.05, 0.1) is 16.8 Å². The number of carbonyl (C=O) groups excluding carboxylic acids is 1. The summed E-state index contributed by atoms with van der Waals surface area (Å²) in [7, 11) is 1.82. The van der Waals surface area contributed by atoms with Gasteiger partial charge in [-0.1, -0.05) is 23.7 Å². The average Bonchev–Trinajstić information content (AvgIpc) is 3.16. The molecule has 0 aliphatic carbocycles. The summed E-state index contributed by atoms with van der Waals surface area (Å²) in [5.41, 5.74) is 1.02. The van der Waals surface area contributed by atoms with Gasteiger partial charge in [0.1, 0.15) is 6.33 Å². The fourth-order valence-corrected chi connectivity index (χ4v) is 2.46. The summed E-state index contributed by atoms with van der Waals surface area (Å²) in [4.78, 5) is 12.3. The number of hydrogen-bond acceptors (Lipinski definition) is 4. The zero-order chi connectivity index (χ0) is 16.4. The van der Waals surface area contributed by atoms with Gasteiger partial charge in [0, 0.05) is 13.2 Å². The van der Waals surface area contributed by atoms with Gasteiger partial charge in [-0.2, -0.15) is 5.10 Å². The molecule has 2 heterocycles. The van der Waals surface area contributed by atoms with Crippen LogP contribution < -0.4 is 5.32 Å². The highest BCUT2D eigenvalue weighted by Gasteiger charge is 2.17. The molecule has 0 aliphatic heterocycles. The molecule has 3 aromatic rings. The molecule has 118 valence electrons. The Morgan fingerprint density at radius 3 is 2.78 bits per heavy atom. The maximum Gasteiger partial charge on any atom is 0.272 e. The van der Waals surface area contributed by atoms with Gasteiger partial charge >= 0.3 is 0 Å². The van der Waals surface area contributed by atoms with Crippen molar-refractivity contribution >= 4 is 17.5 Å². The molecule has 1 atom stereocenters. The first kappa shape index (κ1) is 15.2. The van der Waals surface area contributed by atoms with Crippen LogP contribution in [-0.4, -0.2) is 30.5 Å². The highest BCUT2D eigenvalue weighted by molar-refractivity contribution is 6.32. The maximum absolute atomic E-state index is 12.3. The van der Waals surface area contributed by atoms with Crippen LogP contribution in [0.2, 0.25) is 5.02 Å². The maximum atomic E-state index is 12.3. The minimum atomic E-state index is -0.286. The Kier molecular flexibility index (Phi) is 4.12. The van der Waals surface area contributed by atoms with Crippen LogP contribution in [-0.2, 0) is 7.05 Å². The molecule has 2 aromatic heterocycles. The Labute approximate surface area is 137 Å². The first-order valence-electron chi connectivity index (χ1n) is 7.01. The van der Waals surface area contributed by atoms with Crippen LogP contribution in [0.4, 0.5) is 0 Å². The molecule has 7 nitrogen and oxygen atoms in total. The van der Waals surface area contributed by atoms with Crippen LogP contribution in [0.15, 0.2) is 42.9 Å². The number of nitrogens with one attached hydrogen (secondary N) is 1. The van der Waals surface area contributed by atoms with Crippen LogP contribution in [0.5, 0.6) is 0 Å². The molecule has 1 aromatic carbocycles. The van der Waals surface area contributed by atoms with Crippen molar-refractivity contribution in [3.05, 3.63) is 59.4 Å². The normalized spacial score (nSPS) is 12.1. The van der Waals surface area contributed by atoms with E-state index in [4.69, 9.17) is 11.6 Å². The van der Waals surface area contributed by atoms with Gasteiger partial charge in [-0.15, -0.1) is 10.2 Å². The van der Waals surface area contributed by atoms with E-state index in [1.165, 1.54) is 0 Å².